The van der Waals surface area contributed by atoms with Crippen LogP contribution in [-0.2, 0) is 10.0 Å². The Labute approximate surface area is 195 Å². The third-order valence-corrected chi connectivity index (χ3v) is 7.90. The summed E-state index contributed by atoms with van der Waals surface area (Å²) < 4.78 is 28.4. The molecule has 0 bridgehead atoms. The van der Waals surface area contributed by atoms with Crippen molar-refractivity contribution in [2.75, 3.05) is 47.3 Å². The van der Waals surface area contributed by atoms with Crippen LogP contribution in [0, 0.1) is 6.92 Å². The van der Waals surface area contributed by atoms with Crippen LogP contribution < -0.4 is 14.1 Å². The highest BCUT2D eigenvalue weighted by atomic mass is 32.2. The second-order valence-electron chi connectivity index (χ2n) is 8.15. The lowest BCUT2D eigenvalue weighted by Crippen LogP contribution is -2.47. The first-order valence-electron chi connectivity index (χ1n) is 10.9. The molecule has 0 N–H and O–H groups in total. The molecule has 0 radical (unpaired) electrons. The fraction of sp³-hybridized carbons (Fsp3) is 0.280. The first kappa shape index (κ1) is 22.8. The minimum Gasteiger partial charge on any atom is -0.368 e. The lowest BCUT2D eigenvalue weighted by Gasteiger charge is -2.39. The number of nitrogens with zero attached hydrogens (tertiary/aromatic N) is 4. The van der Waals surface area contributed by atoms with E-state index in [1.165, 1.54) is 18.3 Å². The Bertz CT molecular complexity index is 1240. The van der Waals surface area contributed by atoms with Gasteiger partial charge >= 0.3 is 0 Å². The van der Waals surface area contributed by atoms with Gasteiger partial charge in [-0.1, -0.05) is 24.3 Å². The molecule has 7 nitrogen and oxygen atoms in total. The number of rotatable bonds is 6. The summed E-state index contributed by atoms with van der Waals surface area (Å²) in [6.45, 7) is 6.26. The molecule has 0 unspecified atom stereocenters. The average Bonchev–Trinajstić information content (AvgIpc) is 2.84. The number of ketones is 1. The maximum atomic E-state index is 13.6. The van der Waals surface area contributed by atoms with Gasteiger partial charge in [-0.25, -0.2) is 8.42 Å². The van der Waals surface area contributed by atoms with Crippen LogP contribution in [-0.4, -0.2) is 52.4 Å². The van der Waals surface area contributed by atoms with Gasteiger partial charge in [-0.15, -0.1) is 0 Å². The van der Waals surface area contributed by atoms with Crippen molar-refractivity contribution in [2.45, 2.75) is 18.7 Å². The maximum absolute atomic E-state index is 13.6. The molecule has 1 saturated heterocycles. The molecular formula is C25H28N4O3S. The van der Waals surface area contributed by atoms with Gasteiger partial charge in [0.15, 0.2) is 5.78 Å². The molecular weight excluding hydrogens is 436 g/mol. The van der Waals surface area contributed by atoms with Gasteiger partial charge in [0, 0.05) is 51.3 Å². The Balaban J connectivity index is 1.70. The summed E-state index contributed by atoms with van der Waals surface area (Å²) in [6, 6.07) is 16.2. The summed E-state index contributed by atoms with van der Waals surface area (Å²) >= 11 is 0. The summed E-state index contributed by atoms with van der Waals surface area (Å²) in [5, 5.41) is 0. The second kappa shape index (κ2) is 9.23. The van der Waals surface area contributed by atoms with Gasteiger partial charge < -0.3 is 9.80 Å². The highest BCUT2D eigenvalue weighted by molar-refractivity contribution is 7.92. The van der Waals surface area contributed by atoms with E-state index in [9.17, 15) is 13.2 Å². The van der Waals surface area contributed by atoms with Gasteiger partial charge in [0.2, 0.25) is 0 Å². The van der Waals surface area contributed by atoms with E-state index in [0.717, 1.165) is 24.3 Å². The van der Waals surface area contributed by atoms with Crippen molar-refractivity contribution < 1.29 is 13.2 Å². The molecule has 3 aromatic rings. The topological polar surface area (TPSA) is 73.8 Å². The van der Waals surface area contributed by atoms with Crippen molar-refractivity contribution in [3.63, 3.8) is 0 Å². The number of sulfonamides is 1. The Hall–Kier alpha value is -3.39. The number of Topliss-reactive ketones (excluding diaryl/α,β-unsaturated/α-hetero) is 1. The molecule has 1 aliphatic heterocycles. The molecule has 1 aliphatic rings. The monoisotopic (exact) mass is 464 g/mol. The van der Waals surface area contributed by atoms with Gasteiger partial charge in [0.05, 0.1) is 16.9 Å². The zero-order chi connectivity index (χ0) is 23.6. The van der Waals surface area contributed by atoms with Crippen LogP contribution in [0.2, 0.25) is 0 Å². The van der Waals surface area contributed by atoms with Crippen molar-refractivity contribution in [3.05, 3.63) is 78.1 Å². The van der Waals surface area contributed by atoms with Gasteiger partial charge in [0.1, 0.15) is 4.90 Å². The average molecular weight is 465 g/mol. The van der Waals surface area contributed by atoms with Gasteiger partial charge in [0.25, 0.3) is 10.0 Å². The molecule has 1 fully saturated rings. The summed E-state index contributed by atoms with van der Waals surface area (Å²) in [6.07, 6.45) is 3.55. The fourth-order valence-corrected chi connectivity index (χ4v) is 5.74. The molecule has 2 aromatic carbocycles. The van der Waals surface area contributed by atoms with Gasteiger partial charge in [-0.2, -0.15) is 0 Å². The number of carbonyl (C=O) groups excluding carboxylic acids is 1. The molecule has 0 atom stereocenters. The predicted molar refractivity (Wildman–Crippen MR) is 132 cm³/mol. The van der Waals surface area contributed by atoms with Gasteiger partial charge in [-0.3, -0.25) is 14.1 Å². The number of benzene rings is 2. The van der Waals surface area contributed by atoms with E-state index >= 15 is 0 Å². The van der Waals surface area contributed by atoms with Crippen LogP contribution >= 0.6 is 0 Å². The third kappa shape index (κ3) is 4.43. The molecule has 1 aromatic heterocycles. The molecule has 0 amide bonds. The fourth-order valence-electron chi connectivity index (χ4n) is 4.31. The van der Waals surface area contributed by atoms with E-state index in [4.69, 9.17) is 0 Å². The van der Waals surface area contributed by atoms with E-state index < -0.39 is 10.0 Å². The van der Waals surface area contributed by atoms with Crippen molar-refractivity contribution in [3.8, 4) is 0 Å². The van der Waals surface area contributed by atoms with Crippen molar-refractivity contribution in [1.82, 2.24) is 4.98 Å². The Kier molecular flexibility index (Phi) is 6.37. The molecule has 0 spiro atoms. The number of hydrogen-bond donors (Lipinski definition) is 0. The standard InChI is InChI=1S/C25H28N4O3S/c1-19-9-10-23(33(31,32)27(3)21-7-5-4-6-8-21)24(20(2)30)25(19)29-17-15-28(16-18-29)22-11-13-26-14-12-22/h4-14H,15-18H2,1-3H3. The van der Waals surface area contributed by atoms with E-state index in [1.807, 2.05) is 25.1 Å². The Morgan fingerprint density at radius 2 is 1.52 bits per heavy atom. The Morgan fingerprint density at radius 1 is 0.909 bits per heavy atom. The van der Waals surface area contributed by atoms with Crippen LogP contribution in [0.4, 0.5) is 17.1 Å². The van der Waals surface area contributed by atoms with E-state index in [0.29, 0.717) is 24.5 Å². The summed E-state index contributed by atoms with van der Waals surface area (Å²) in [4.78, 5) is 21.4. The number of pyridine rings is 1. The highest BCUT2D eigenvalue weighted by Gasteiger charge is 2.31. The molecule has 33 heavy (non-hydrogen) atoms. The number of aryl methyl sites for hydroxylation is 1. The van der Waals surface area contributed by atoms with Gasteiger partial charge in [-0.05, 0) is 49.7 Å². The van der Waals surface area contributed by atoms with Crippen LogP contribution in [0.1, 0.15) is 22.8 Å². The SMILES string of the molecule is CC(=O)c1c(S(=O)(=O)N(C)c2ccccc2)ccc(C)c1N1CCN(c2ccncc2)CC1. The molecule has 0 saturated carbocycles. The number of piperazine rings is 1. The zero-order valence-electron chi connectivity index (χ0n) is 19.1. The normalized spacial score (nSPS) is 14.3. The van der Waals surface area contributed by atoms with Crippen LogP contribution in [0.25, 0.3) is 0 Å². The van der Waals surface area contributed by atoms with Crippen LogP contribution in [0.15, 0.2) is 71.9 Å². The summed E-state index contributed by atoms with van der Waals surface area (Å²) in [7, 11) is -2.42. The largest absolute Gasteiger partial charge is 0.368 e. The summed E-state index contributed by atoms with van der Waals surface area (Å²) in [5.74, 6) is -0.259. The number of hydrogen-bond acceptors (Lipinski definition) is 6. The number of carbonyl (C=O) groups is 1. The first-order chi connectivity index (χ1) is 15.8. The molecule has 0 aliphatic carbocycles. The smallest absolute Gasteiger partial charge is 0.264 e. The summed E-state index contributed by atoms with van der Waals surface area (Å²) in [5.41, 5.74) is 3.50. The third-order valence-electron chi connectivity index (χ3n) is 6.08. The lowest BCUT2D eigenvalue weighted by molar-refractivity contribution is 0.101. The van der Waals surface area contributed by atoms with Crippen molar-refractivity contribution in [2.24, 2.45) is 0 Å². The second-order valence-corrected chi connectivity index (χ2v) is 10.1. The molecule has 8 heteroatoms. The quantitative estimate of drug-likeness (QED) is 0.518. The lowest BCUT2D eigenvalue weighted by atomic mass is 10.0. The van der Waals surface area contributed by atoms with Crippen LogP contribution in [0.5, 0.6) is 0 Å². The van der Waals surface area contributed by atoms with E-state index in [1.54, 1.807) is 48.8 Å². The first-order valence-corrected chi connectivity index (χ1v) is 12.3. The highest BCUT2D eigenvalue weighted by Crippen LogP contribution is 2.34. The van der Waals surface area contributed by atoms with Crippen molar-refractivity contribution in [1.29, 1.82) is 0 Å². The molecule has 2 heterocycles. The van der Waals surface area contributed by atoms with E-state index in [2.05, 4.69) is 14.8 Å². The zero-order valence-corrected chi connectivity index (χ0v) is 19.9. The molecule has 172 valence electrons. The predicted octanol–water partition coefficient (Wildman–Crippen LogP) is 3.74. The number of para-hydroxylation sites is 1. The van der Waals surface area contributed by atoms with E-state index in [-0.39, 0.29) is 16.2 Å². The van der Waals surface area contributed by atoms with Crippen molar-refractivity contribution >= 4 is 32.9 Å². The minimum atomic E-state index is -3.93. The number of anilines is 3. The van der Waals surface area contributed by atoms with Crippen LogP contribution in [0.3, 0.4) is 0 Å². The number of aromatic nitrogens is 1. The Morgan fingerprint density at radius 3 is 2.12 bits per heavy atom. The minimum absolute atomic E-state index is 0.0403. The maximum Gasteiger partial charge on any atom is 0.264 e. The molecule has 4 rings (SSSR count).